The number of halogens is 1. The fourth-order valence-electron chi connectivity index (χ4n) is 2.77. The van der Waals surface area contributed by atoms with Crippen molar-refractivity contribution in [3.63, 3.8) is 0 Å². The first-order chi connectivity index (χ1) is 11.6. The van der Waals surface area contributed by atoms with Crippen molar-refractivity contribution in [1.82, 2.24) is 4.98 Å². The van der Waals surface area contributed by atoms with E-state index in [4.69, 9.17) is 4.74 Å². The summed E-state index contributed by atoms with van der Waals surface area (Å²) in [6.07, 6.45) is 0.745. The van der Waals surface area contributed by atoms with Crippen molar-refractivity contribution in [2.45, 2.75) is 26.9 Å². The molecule has 0 unspecified atom stereocenters. The predicted molar refractivity (Wildman–Crippen MR) is 91.4 cm³/mol. The summed E-state index contributed by atoms with van der Waals surface area (Å²) in [6, 6.07) is 13.5. The number of aryl methyl sites for hydroxylation is 1. The van der Waals surface area contributed by atoms with E-state index in [1.807, 2.05) is 38.1 Å². The van der Waals surface area contributed by atoms with Crippen molar-refractivity contribution in [3.8, 4) is 0 Å². The van der Waals surface area contributed by atoms with Crippen molar-refractivity contribution in [2.75, 3.05) is 0 Å². The number of rotatable bonds is 4. The lowest BCUT2D eigenvalue weighted by atomic mass is 10.0. The minimum absolute atomic E-state index is 0.108. The molecule has 0 aliphatic rings. The van der Waals surface area contributed by atoms with Crippen molar-refractivity contribution in [3.05, 3.63) is 76.7 Å². The van der Waals surface area contributed by atoms with Crippen LogP contribution in [0.2, 0.25) is 0 Å². The number of para-hydroxylation sites is 1. The molecule has 2 aromatic carbocycles. The molecule has 1 aromatic heterocycles. The van der Waals surface area contributed by atoms with E-state index >= 15 is 0 Å². The maximum Gasteiger partial charge on any atom is 0.339 e. The third-order valence-corrected chi connectivity index (χ3v) is 4.06. The Hall–Kier alpha value is -2.75. The Bertz CT molecular complexity index is 888. The van der Waals surface area contributed by atoms with Gasteiger partial charge < -0.3 is 4.74 Å². The molecular weight excluding hydrogens is 305 g/mol. The number of hydrogen-bond acceptors (Lipinski definition) is 3. The van der Waals surface area contributed by atoms with Gasteiger partial charge in [-0.05, 0) is 42.7 Å². The Kier molecular flexibility index (Phi) is 4.56. The Morgan fingerprint density at radius 3 is 2.54 bits per heavy atom. The summed E-state index contributed by atoms with van der Waals surface area (Å²) in [5, 5.41) is 0.788. The third kappa shape index (κ3) is 3.13. The van der Waals surface area contributed by atoms with Gasteiger partial charge in [0.25, 0.3) is 0 Å². The molecule has 0 amide bonds. The molecule has 0 bridgehead atoms. The lowest BCUT2D eigenvalue weighted by Crippen LogP contribution is -2.11. The van der Waals surface area contributed by atoms with Crippen LogP contribution < -0.4 is 0 Å². The highest BCUT2D eigenvalue weighted by Gasteiger charge is 2.18. The van der Waals surface area contributed by atoms with Crippen molar-refractivity contribution < 1.29 is 13.9 Å². The largest absolute Gasteiger partial charge is 0.457 e. The lowest BCUT2D eigenvalue weighted by Gasteiger charge is -2.13. The number of nitrogens with zero attached hydrogens (tertiary/aromatic N) is 1. The van der Waals surface area contributed by atoms with E-state index < -0.39 is 0 Å². The normalized spacial score (nSPS) is 10.8. The maximum absolute atomic E-state index is 12.9. The first-order valence-corrected chi connectivity index (χ1v) is 7.90. The first-order valence-electron chi connectivity index (χ1n) is 7.90. The number of ether oxygens (including phenoxy) is 1. The van der Waals surface area contributed by atoms with Gasteiger partial charge in [0, 0.05) is 11.1 Å². The van der Waals surface area contributed by atoms with E-state index in [9.17, 15) is 9.18 Å². The smallest absolute Gasteiger partial charge is 0.339 e. The monoisotopic (exact) mass is 323 g/mol. The summed E-state index contributed by atoms with van der Waals surface area (Å²) < 4.78 is 18.4. The van der Waals surface area contributed by atoms with Gasteiger partial charge in [0.1, 0.15) is 12.4 Å². The lowest BCUT2D eigenvalue weighted by molar-refractivity contribution is 0.0474. The van der Waals surface area contributed by atoms with Crippen LogP contribution in [0.5, 0.6) is 0 Å². The molecule has 1 heterocycles. The Balaban J connectivity index is 1.93. The van der Waals surface area contributed by atoms with Gasteiger partial charge in [-0.1, -0.05) is 37.3 Å². The molecule has 0 atom stereocenters. The van der Waals surface area contributed by atoms with Crippen molar-refractivity contribution >= 4 is 16.9 Å². The summed E-state index contributed by atoms with van der Waals surface area (Å²) in [5.41, 5.74) is 3.83. The van der Waals surface area contributed by atoms with Crippen molar-refractivity contribution in [1.29, 1.82) is 0 Å². The van der Waals surface area contributed by atoms with Crippen LogP contribution in [0.1, 0.15) is 34.1 Å². The van der Waals surface area contributed by atoms with E-state index in [0.29, 0.717) is 5.56 Å². The molecule has 3 nitrogen and oxygen atoms in total. The van der Waals surface area contributed by atoms with Gasteiger partial charge in [0.05, 0.1) is 11.1 Å². The molecule has 0 saturated heterocycles. The number of carbonyl (C=O) groups is 1. The second-order valence-corrected chi connectivity index (χ2v) is 5.63. The van der Waals surface area contributed by atoms with Crippen LogP contribution in [-0.4, -0.2) is 11.0 Å². The second-order valence-electron chi connectivity index (χ2n) is 5.63. The van der Waals surface area contributed by atoms with Gasteiger partial charge in [-0.2, -0.15) is 0 Å². The zero-order valence-corrected chi connectivity index (χ0v) is 13.7. The molecule has 24 heavy (non-hydrogen) atoms. The summed E-state index contributed by atoms with van der Waals surface area (Å²) in [7, 11) is 0. The average Bonchev–Trinajstić information content (AvgIpc) is 2.60. The van der Waals surface area contributed by atoms with Crippen molar-refractivity contribution in [2.24, 2.45) is 0 Å². The first kappa shape index (κ1) is 16.1. The van der Waals surface area contributed by atoms with Crippen LogP contribution >= 0.6 is 0 Å². The van der Waals surface area contributed by atoms with E-state index in [2.05, 4.69) is 4.98 Å². The van der Waals surface area contributed by atoms with E-state index in [-0.39, 0.29) is 18.4 Å². The number of hydrogen-bond donors (Lipinski definition) is 0. The molecule has 3 rings (SSSR count). The van der Waals surface area contributed by atoms with E-state index in [0.717, 1.165) is 34.1 Å². The molecule has 4 heteroatoms. The molecule has 0 N–H and O–H groups in total. The van der Waals surface area contributed by atoms with Crippen LogP contribution in [0.3, 0.4) is 0 Å². The number of benzene rings is 2. The Labute approximate surface area is 140 Å². The van der Waals surface area contributed by atoms with Crippen LogP contribution in [0.25, 0.3) is 10.9 Å². The van der Waals surface area contributed by atoms with E-state index in [1.165, 1.54) is 12.1 Å². The predicted octanol–water partition coefficient (Wildman–Crippen LogP) is 4.60. The average molecular weight is 323 g/mol. The van der Waals surface area contributed by atoms with Gasteiger partial charge in [-0.15, -0.1) is 0 Å². The number of carbonyl (C=O) groups excluding carboxylic acids is 1. The second kappa shape index (κ2) is 6.79. The zero-order valence-electron chi connectivity index (χ0n) is 13.7. The topological polar surface area (TPSA) is 39.2 Å². The Morgan fingerprint density at radius 2 is 1.83 bits per heavy atom. The third-order valence-electron chi connectivity index (χ3n) is 4.06. The summed E-state index contributed by atoms with van der Waals surface area (Å²) in [5.74, 6) is -0.696. The van der Waals surface area contributed by atoms with Crippen LogP contribution in [0, 0.1) is 12.7 Å². The van der Waals surface area contributed by atoms with Gasteiger partial charge in [0.2, 0.25) is 0 Å². The highest BCUT2D eigenvalue weighted by atomic mass is 19.1. The number of esters is 1. The quantitative estimate of drug-likeness (QED) is 0.659. The highest BCUT2D eigenvalue weighted by molar-refractivity contribution is 6.04. The van der Waals surface area contributed by atoms with Crippen LogP contribution in [-0.2, 0) is 17.8 Å². The molecule has 0 radical (unpaired) electrons. The molecule has 0 aliphatic heterocycles. The number of fused-ring (bicyclic) bond motifs is 1. The van der Waals surface area contributed by atoms with Gasteiger partial charge in [-0.3, -0.25) is 4.98 Å². The molecule has 0 fully saturated rings. The van der Waals surface area contributed by atoms with Gasteiger partial charge in [0.15, 0.2) is 0 Å². The fourth-order valence-corrected chi connectivity index (χ4v) is 2.77. The molecule has 3 aromatic rings. The zero-order chi connectivity index (χ0) is 17.1. The van der Waals surface area contributed by atoms with E-state index in [1.54, 1.807) is 12.1 Å². The minimum atomic E-state index is -0.384. The molecule has 0 saturated carbocycles. The number of pyridine rings is 1. The van der Waals surface area contributed by atoms with Crippen LogP contribution in [0.15, 0.2) is 48.5 Å². The molecule has 0 aliphatic carbocycles. The summed E-state index contributed by atoms with van der Waals surface area (Å²) in [6.45, 7) is 4.02. The fraction of sp³-hybridized carbons (Fsp3) is 0.200. The maximum atomic E-state index is 12.9. The van der Waals surface area contributed by atoms with Gasteiger partial charge in [-0.25, -0.2) is 9.18 Å². The molecule has 0 spiro atoms. The SMILES string of the molecule is CCc1nc2ccccc2c(C(=O)OCc2ccc(F)cc2)c1C. The summed E-state index contributed by atoms with van der Waals surface area (Å²) in [4.78, 5) is 17.3. The summed E-state index contributed by atoms with van der Waals surface area (Å²) >= 11 is 0. The minimum Gasteiger partial charge on any atom is -0.457 e. The number of aromatic nitrogens is 1. The highest BCUT2D eigenvalue weighted by Crippen LogP contribution is 2.24. The van der Waals surface area contributed by atoms with Crippen LogP contribution in [0.4, 0.5) is 4.39 Å². The standard InChI is InChI=1S/C20H18FNO2/c1-3-17-13(2)19(16-6-4-5-7-18(16)22-17)20(23)24-12-14-8-10-15(21)11-9-14/h4-11H,3,12H2,1-2H3. The molecule has 122 valence electrons. The Morgan fingerprint density at radius 1 is 1.12 bits per heavy atom. The molecular formula is C20H18FNO2. The van der Waals surface area contributed by atoms with Gasteiger partial charge >= 0.3 is 5.97 Å².